The third-order valence-corrected chi connectivity index (χ3v) is 6.83. The van der Waals surface area contributed by atoms with Crippen molar-refractivity contribution in [1.29, 1.82) is 0 Å². The van der Waals surface area contributed by atoms with E-state index in [4.69, 9.17) is 4.74 Å². The predicted molar refractivity (Wildman–Crippen MR) is 104 cm³/mol. The Morgan fingerprint density at radius 2 is 1.70 bits per heavy atom. The van der Waals surface area contributed by atoms with Crippen LogP contribution in [0.5, 0.6) is 0 Å². The van der Waals surface area contributed by atoms with Crippen LogP contribution < -0.4 is 4.90 Å². The van der Waals surface area contributed by atoms with Crippen molar-refractivity contribution in [3.63, 3.8) is 0 Å². The summed E-state index contributed by atoms with van der Waals surface area (Å²) in [6, 6.07) is 9.93. The van der Waals surface area contributed by atoms with Crippen LogP contribution in [-0.2, 0) is 14.8 Å². The summed E-state index contributed by atoms with van der Waals surface area (Å²) >= 11 is 0. The van der Waals surface area contributed by atoms with Gasteiger partial charge in [0.05, 0.1) is 6.61 Å². The Labute approximate surface area is 160 Å². The van der Waals surface area contributed by atoms with Gasteiger partial charge in [0.2, 0.25) is 10.0 Å². The lowest BCUT2D eigenvalue weighted by molar-refractivity contribution is 0.0521. The fourth-order valence-corrected chi connectivity index (χ4v) is 5.32. The first-order chi connectivity index (χ1) is 12.9. The molecule has 0 aliphatic carbocycles. The first-order valence-corrected chi connectivity index (χ1v) is 10.5. The molecule has 1 fully saturated rings. The second-order valence-electron chi connectivity index (χ2n) is 6.53. The highest BCUT2D eigenvalue weighted by Crippen LogP contribution is 2.29. The second kappa shape index (κ2) is 7.74. The number of aromatic amines is 1. The van der Waals surface area contributed by atoms with Gasteiger partial charge in [-0.15, -0.1) is 0 Å². The monoisotopic (exact) mass is 391 g/mol. The quantitative estimate of drug-likeness (QED) is 0.791. The normalized spacial score (nSPS) is 15.7. The van der Waals surface area contributed by atoms with Crippen molar-refractivity contribution in [2.45, 2.75) is 25.7 Å². The number of hydrogen-bond donors (Lipinski definition) is 1. The summed E-state index contributed by atoms with van der Waals surface area (Å²) < 4.78 is 33.1. The number of sulfonamides is 1. The Hall–Kier alpha value is -2.32. The molecule has 3 rings (SSSR count). The molecular formula is C19H25N3O4S. The van der Waals surface area contributed by atoms with E-state index < -0.39 is 16.0 Å². The van der Waals surface area contributed by atoms with E-state index in [1.54, 1.807) is 20.8 Å². The smallest absolute Gasteiger partial charge is 0.341 e. The highest BCUT2D eigenvalue weighted by Gasteiger charge is 2.35. The fourth-order valence-electron chi connectivity index (χ4n) is 3.48. The van der Waals surface area contributed by atoms with E-state index in [0.717, 1.165) is 5.69 Å². The topological polar surface area (TPSA) is 82.7 Å². The van der Waals surface area contributed by atoms with Gasteiger partial charge in [-0.2, -0.15) is 4.31 Å². The van der Waals surface area contributed by atoms with Crippen LogP contribution in [0.4, 0.5) is 5.69 Å². The Balaban J connectivity index is 1.85. The molecule has 1 saturated heterocycles. The van der Waals surface area contributed by atoms with Crippen LogP contribution in [0.1, 0.15) is 28.7 Å². The standard InChI is InChI=1S/C19H25N3O4S/c1-4-26-19(23)17-14(2)20-15(3)18(17)27(24,25)22-12-10-21(11-13-22)16-8-6-5-7-9-16/h5-9,20H,4,10-13H2,1-3H3. The van der Waals surface area contributed by atoms with Gasteiger partial charge in [0.15, 0.2) is 0 Å². The summed E-state index contributed by atoms with van der Waals surface area (Å²) in [5.41, 5.74) is 2.16. The number of nitrogens with one attached hydrogen (secondary N) is 1. The molecule has 1 N–H and O–H groups in total. The molecule has 0 unspecified atom stereocenters. The minimum absolute atomic E-state index is 0.0339. The van der Waals surface area contributed by atoms with E-state index >= 15 is 0 Å². The number of hydrogen-bond acceptors (Lipinski definition) is 5. The fraction of sp³-hybridized carbons (Fsp3) is 0.421. The molecule has 0 amide bonds. The number of rotatable bonds is 5. The van der Waals surface area contributed by atoms with Crippen molar-refractivity contribution >= 4 is 21.7 Å². The summed E-state index contributed by atoms with van der Waals surface area (Å²) in [4.78, 5) is 17.5. The Bertz CT molecular complexity index is 914. The van der Waals surface area contributed by atoms with Gasteiger partial charge in [0.1, 0.15) is 10.5 Å². The molecule has 1 aromatic heterocycles. The maximum Gasteiger partial charge on any atom is 0.341 e. The maximum absolute atomic E-state index is 13.3. The molecule has 1 aliphatic rings. The number of aromatic nitrogens is 1. The predicted octanol–water partition coefficient (Wildman–Crippen LogP) is 2.32. The molecule has 7 nitrogen and oxygen atoms in total. The number of para-hydroxylation sites is 1. The van der Waals surface area contributed by atoms with Crippen LogP contribution in [0.15, 0.2) is 35.2 Å². The zero-order valence-electron chi connectivity index (χ0n) is 15.9. The van der Waals surface area contributed by atoms with Gasteiger partial charge < -0.3 is 14.6 Å². The SMILES string of the molecule is CCOC(=O)c1c(C)[nH]c(C)c1S(=O)(=O)N1CCN(c2ccccc2)CC1. The number of piperazine rings is 1. The van der Waals surface area contributed by atoms with Crippen molar-refractivity contribution < 1.29 is 17.9 Å². The molecule has 0 atom stereocenters. The number of H-pyrrole nitrogens is 1. The third kappa shape index (κ3) is 3.72. The van der Waals surface area contributed by atoms with E-state index in [-0.39, 0.29) is 17.1 Å². The van der Waals surface area contributed by atoms with Gasteiger partial charge in [-0.1, -0.05) is 18.2 Å². The van der Waals surface area contributed by atoms with E-state index in [1.165, 1.54) is 4.31 Å². The zero-order chi connectivity index (χ0) is 19.6. The molecule has 27 heavy (non-hydrogen) atoms. The summed E-state index contributed by atoms with van der Waals surface area (Å²) in [6.07, 6.45) is 0. The molecule has 8 heteroatoms. The van der Waals surface area contributed by atoms with Crippen LogP contribution in [0, 0.1) is 13.8 Å². The van der Waals surface area contributed by atoms with E-state index in [9.17, 15) is 13.2 Å². The summed E-state index contributed by atoms with van der Waals surface area (Å²) in [5.74, 6) is -0.610. The average Bonchev–Trinajstić information content (AvgIpc) is 2.97. The average molecular weight is 391 g/mol. The minimum Gasteiger partial charge on any atom is -0.462 e. The van der Waals surface area contributed by atoms with Crippen molar-refractivity contribution in [2.75, 3.05) is 37.7 Å². The number of carbonyl (C=O) groups is 1. The van der Waals surface area contributed by atoms with Crippen molar-refractivity contribution in [1.82, 2.24) is 9.29 Å². The van der Waals surface area contributed by atoms with E-state index in [0.29, 0.717) is 37.6 Å². The summed E-state index contributed by atoms with van der Waals surface area (Å²) in [6.45, 7) is 7.17. The Morgan fingerprint density at radius 1 is 1.07 bits per heavy atom. The first kappa shape index (κ1) is 19.4. The van der Waals surface area contributed by atoms with Gasteiger partial charge in [-0.25, -0.2) is 13.2 Å². The second-order valence-corrected chi connectivity index (χ2v) is 8.40. The van der Waals surface area contributed by atoms with Crippen LogP contribution in [0.25, 0.3) is 0 Å². The van der Waals surface area contributed by atoms with Crippen molar-refractivity contribution in [3.05, 3.63) is 47.3 Å². The van der Waals surface area contributed by atoms with Crippen molar-refractivity contribution in [3.8, 4) is 0 Å². The molecule has 1 aromatic carbocycles. The van der Waals surface area contributed by atoms with Gasteiger partial charge in [-0.3, -0.25) is 0 Å². The van der Waals surface area contributed by atoms with Crippen LogP contribution in [-0.4, -0.2) is 56.5 Å². The highest BCUT2D eigenvalue weighted by atomic mass is 32.2. The number of carbonyl (C=O) groups excluding carboxylic acids is 1. The van der Waals surface area contributed by atoms with Gasteiger partial charge in [0.25, 0.3) is 0 Å². The molecular weight excluding hydrogens is 366 g/mol. The lowest BCUT2D eigenvalue weighted by atomic mass is 10.2. The van der Waals surface area contributed by atoms with Crippen molar-refractivity contribution in [2.24, 2.45) is 0 Å². The summed E-state index contributed by atoms with van der Waals surface area (Å²) in [5, 5.41) is 0. The van der Waals surface area contributed by atoms with E-state index in [1.807, 2.05) is 30.3 Å². The molecule has 1 aliphatic heterocycles. The number of ether oxygens (including phenoxy) is 1. The largest absolute Gasteiger partial charge is 0.462 e. The molecule has 0 saturated carbocycles. The molecule has 0 radical (unpaired) electrons. The summed E-state index contributed by atoms with van der Waals surface area (Å²) in [7, 11) is -3.80. The number of anilines is 1. The molecule has 0 bridgehead atoms. The third-order valence-electron chi connectivity index (χ3n) is 4.76. The van der Waals surface area contributed by atoms with Gasteiger partial charge in [-0.05, 0) is 32.9 Å². The minimum atomic E-state index is -3.80. The lowest BCUT2D eigenvalue weighted by Crippen LogP contribution is -2.49. The van der Waals surface area contributed by atoms with Gasteiger partial charge in [0, 0.05) is 43.3 Å². The van der Waals surface area contributed by atoms with Gasteiger partial charge >= 0.3 is 5.97 Å². The highest BCUT2D eigenvalue weighted by molar-refractivity contribution is 7.89. The van der Waals surface area contributed by atoms with E-state index in [2.05, 4.69) is 9.88 Å². The Morgan fingerprint density at radius 3 is 2.30 bits per heavy atom. The lowest BCUT2D eigenvalue weighted by Gasteiger charge is -2.35. The van der Waals surface area contributed by atoms with Crippen LogP contribution in [0.2, 0.25) is 0 Å². The molecule has 2 aromatic rings. The first-order valence-electron chi connectivity index (χ1n) is 9.02. The number of aryl methyl sites for hydroxylation is 2. The molecule has 146 valence electrons. The maximum atomic E-state index is 13.3. The number of benzene rings is 1. The van der Waals surface area contributed by atoms with Crippen LogP contribution >= 0.6 is 0 Å². The Kier molecular flexibility index (Phi) is 5.57. The van der Waals surface area contributed by atoms with Crippen LogP contribution in [0.3, 0.4) is 0 Å². The molecule has 2 heterocycles. The number of nitrogens with zero attached hydrogens (tertiary/aromatic N) is 2. The zero-order valence-corrected chi connectivity index (χ0v) is 16.7. The number of esters is 1. The molecule has 0 spiro atoms.